The summed E-state index contributed by atoms with van der Waals surface area (Å²) in [5.41, 5.74) is 3.11. The lowest BCUT2D eigenvalue weighted by atomic mass is 10.2. The highest BCUT2D eigenvalue weighted by Crippen LogP contribution is 2.36. The molecule has 25 heavy (non-hydrogen) atoms. The van der Waals surface area contributed by atoms with Crippen LogP contribution >= 0.6 is 34.5 Å². The predicted octanol–water partition coefficient (Wildman–Crippen LogP) is 4.14. The Morgan fingerprint density at radius 2 is 1.76 bits per heavy atom. The molecule has 0 radical (unpaired) electrons. The zero-order chi connectivity index (χ0) is 18.2. The second-order valence-electron chi connectivity index (χ2n) is 5.26. The Morgan fingerprint density at radius 1 is 1.08 bits per heavy atom. The number of hydrogen-bond acceptors (Lipinski definition) is 4. The van der Waals surface area contributed by atoms with Crippen LogP contribution in [-0.2, 0) is 10.0 Å². The molecular formula is C16H12Cl2N2O3S2. The minimum Gasteiger partial charge on any atom is -0.273 e. The maximum atomic E-state index is 12.3. The highest BCUT2D eigenvalue weighted by atomic mass is 35.5. The summed E-state index contributed by atoms with van der Waals surface area (Å²) in [5, 5.41) is 1.37. The first-order valence-electron chi connectivity index (χ1n) is 7.04. The fourth-order valence-corrected chi connectivity index (χ4v) is 4.53. The molecular weight excluding hydrogens is 403 g/mol. The van der Waals surface area contributed by atoms with E-state index in [0.717, 1.165) is 21.6 Å². The van der Waals surface area contributed by atoms with Gasteiger partial charge in [0.2, 0.25) is 0 Å². The third-order valence-electron chi connectivity index (χ3n) is 3.43. The van der Waals surface area contributed by atoms with E-state index in [1.54, 1.807) is 30.3 Å². The second kappa shape index (κ2) is 6.93. The average Bonchev–Trinajstić information content (AvgIpc) is 2.90. The SMILES string of the molecule is Cc1ccc(S(=O)(=O)NNC(=O)c2sc3ccc(Cl)cc3c2Cl)cc1. The summed E-state index contributed by atoms with van der Waals surface area (Å²) in [7, 11) is -3.87. The van der Waals surface area contributed by atoms with Gasteiger partial charge in [-0.15, -0.1) is 16.2 Å². The van der Waals surface area contributed by atoms with E-state index < -0.39 is 15.9 Å². The number of amides is 1. The van der Waals surface area contributed by atoms with E-state index in [1.807, 2.05) is 6.92 Å². The fraction of sp³-hybridized carbons (Fsp3) is 0.0625. The summed E-state index contributed by atoms with van der Waals surface area (Å²) in [5.74, 6) is -0.641. The Hall–Kier alpha value is -1.64. The summed E-state index contributed by atoms with van der Waals surface area (Å²) >= 11 is 13.3. The molecule has 0 aliphatic carbocycles. The van der Waals surface area contributed by atoms with Gasteiger partial charge in [-0.05, 0) is 37.3 Å². The number of carbonyl (C=O) groups is 1. The Kier molecular flexibility index (Phi) is 5.04. The number of rotatable bonds is 4. The van der Waals surface area contributed by atoms with Gasteiger partial charge < -0.3 is 0 Å². The van der Waals surface area contributed by atoms with Crippen molar-refractivity contribution in [1.82, 2.24) is 10.3 Å². The molecule has 5 nitrogen and oxygen atoms in total. The minimum atomic E-state index is -3.87. The molecule has 0 atom stereocenters. The van der Waals surface area contributed by atoms with Crippen LogP contribution in [0.25, 0.3) is 10.1 Å². The van der Waals surface area contributed by atoms with Gasteiger partial charge in [0.1, 0.15) is 4.88 Å². The largest absolute Gasteiger partial charge is 0.277 e. The number of aryl methyl sites for hydroxylation is 1. The van der Waals surface area contributed by atoms with Gasteiger partial charge in [-0.1, -0.05) is 40.9 Å². The van der Waals surface area contributed by atoms with Gasteiger partial charge in [0.05, 0.1) is 9.92 Å². The van der Waals surface area contributed by atoms with Crippen molar-refractivity contribution < 1.29 is 13.2 Å². The third kappa shape index (κ3) is 3.80. The van der Waals surface area contributed by atoms with Gasteiger partial charge in [-0.3, -0.25) is 10.2 Å². The highest BCUT2D eigenvalue weighted by Gasteiger charge is 2.20. The molecule has 3 rings (SSSR count). The lowest BCUT2D eigenvalue weighted by Gasteiger charge is -2.08. The van der Waals surface area contributed by atoms with Crippen LogP contribution in [0.4, 0.5) is 0 Å². The maximum Gasteiger partial charge on any atom is 0.277 e. The first kappa shape index (κ1) is 18.2. The van der Waals surface area contributed by atoms with E-state index in [-0.39, 0.29) is 14.8 Å². The Labute approximate surface area is 158 Å². The summed E-state index contributed by atoms with van der Waals surface area (Å²) in [6, 6.07) is 11.4. The van der Waals surface area contributed by atoms with Crippen molar-refractivity contribution in [2.75, 3.05) is 0 Å². The highest BCUT2D eigenvalue weighted by molar-refractivity contribution is 7.89. The summed E-state index contributed by atoms with van der Waals surface area (Å²) in [6.45, 7) is 1.85. The molecule has 0 unspecified atom stereocenters. The first-order chi connectivity index (χ1) is 11.8. The van der Waals surface area contributed by atoms with Crippen LogP contribution in [0.3, 0.4) is 0 Å². The van der Waals surface area contributed by atoms with Crippen LogP contribution < -0.4 is 10.3 Å². The fourth-order valence-electron chi connectivity index (χ4n) is 2.13. The second-order valence-corrected chi connectivity index (χ2v) is 8.81. The maximum absolute atomic E-state index is 12.3. The first-order valence-corrected chi connectivity index (χ1v) is 10.1. The van der Waals surface area contributed by atoms with Crippen LogP contribution in [0.2, 0.25) is 10.0 Å². The number of thiophene rings is 1. The standard InChI is InChI=1S/C16H12Cl2N2O3S2/c1-9-2-5-11(6-3-9)25(22,23)20-19-16(21)15-14(18)12-8-10(17)4-7-13(12)24-15/h2-8,20H,1H3,(H,19,21). The number of halogens is 2. The van der Waals surface area contributed by atoms with Gasteiger partial charge in [0.15, 0.2) is 0 Å². The van der Waals surface area contributed by atoms with Crippen LogP contribution in [0.5, 0.6) is 0 Å². The van der Waals surface area contributed by atoms with E-state index in [9.17, 15) is 13.2 Å². The van der Waals surface area contributed by atoms with Crippen molar-refractivity contribution in [1.29, 1.82) is 0 Å². The molecule has 9 heteroatoms. The molecule has 1 aromatic heterocycles. The van der Waals surface area contributed by atoms with E-state index in [2.05, 4.69) is 10.3 Å². The summed E-state index contributed by atoms with van der Waals surface area (Å²) in [4.78, 5) is 14.6. The number of benzene rings is 2. The molecule has 0 saturated heterocycles. The Balaban J connectivity index is 1.81. The molecule has 0 aliphatic rings. The summed E-state index contributed by atoms with van der Waals surface area (Å²) < 4.78 is 25.2. The minimum absolute atomic E-state index is 0.0487. The number of sulfonamides is 1. The van der Waals surface area contributed by atoms with Gasteiger partial charge in [-0.2, -0.15) is 0 Å². The smallest absolute Gasteiger partial charge is 0.273 e. The van der Waals surface area contributed by atoms with Crippen LogP contribution in [0.1, 0.15) is 15.2 Å². The zero-order valence-electron chi connectivity index (χ0n) is 12.8. The lowest BCUT2D eigenvalue weighted by molar-refractivity contribution is 0.0949. The van der Waals surface area contributed by atoms with Gasteiger partial charge in [0.25, 0.3) is 15.9 Å². The van der Waals surface area contributed by atoms with Gasteiger partial charge in [-0.25, -0.2) is 8.42 Å². The molecule has 3 aromatic rings. The van der Waals surface area contributed by atoms with E-state index in [1.165, 1.54) is 12.1 Å². The van der Waals surface area contributed by atoms with Crippen molar-refractivity contribution in [3.8, 4) is 0 Å². The number of hydrogen-bond donors (Lipinski definition) is 2. The topological polar surface area (TPSA) is 75.3 Å². The number of carbonyl (C=O) groups excluding carboxylic acids is 1. The molecule has 1 heterocycles. The summed E-state index contributed by atoms with van der Waals surface area (Å²) in [6.07, 6.45) is 0. The average molecular weight is 415 g/mol. The molecule has 1 amide bonds. The molecule has 0 aliphatic heterocycles. The van der Waals surface area contributed by atoms with Crippen LogP contribution in [-0.4, -0.2) is 14.3 Å². The van der Waals surface area contributed by atoms with E-state index in [0.29, 0.717) is 10.4 Å². The van der Waals surface area contributed by atoms with Gasteiger partial charge in [0, 0.05) is 15.1 Å². The van der Waals surface area contributed by atoms with Crippen LogP contribution in [0.15, 0.2) is 47.4 Å². The number of hydrazine groups is 1. The van der Waals surface area contributed by atoms with E-state index >= 15 is 0 Å². The predicted molar refractivity (Wildman–Crippen MR) is 101 cm³/mol. The molecule has 130 valence electrons. The van der Waals surface area contributed by atoms with E-state index in [4.69, 9.17) is 23.2 Å². The number of fused-ring (bicyclic) bond motifs is 1. The van der Waals surface area contributed by atoms with Crippen molar-refractivity contribution in [3.05, 3.63) is 63.0 Å². The molecule has 2 N–H and O–H groups in total. The molecule has 0 spiro atoms. The molecule has 2 aromatic carbocycles. The lowest BCUT2D eigenvalue weighted by Crippen LogP contribution is -2.41. The van der Waals surface area contributed by atoms with Crippen molar-refractivity contribution in [2.24, 2.45) is 0 Å². The van der Waals surface area contributed by atoms with Crippen molar-refractivity contribution in [2.45, 2.75) is 11.8 Å². The monoisotopic (exact) mass is 414 g/mol. The quantitative estimate of drug-likeness (QED) is 0.629. The normalized spacial score (nSPS) is 11.6. The zero-order valence-corrected chi connectivity index (χ0v) is 16.0. The van der Waals surface area contributed by atoms with Crippen molar-refractivity contribution in [3.63, 3.8) is 0 Å². The molecule has 0 fully saturated rings. The van der Waals surface area contributed by atoms with Gasteiger partial charge >= 0.3 is 0 Å². The third-order valence-corrected chi connectivity index (χ3v) is 6.60. The number of nitrogens with one attached hydrogen (secondary N) is 2. The molecule has 0 bridgehead atoms. The van der Waals surface area contributed by atoms with Crippen LogP contribution in [0, 0.1) is 6.92 Å². The van der Waals surface area contributed by atoms with Crippen molar-refractivity contribution >= 4 is 60.6 Å². The Morgan fingerprint density at radius 3 is 2.44 bits per heavy atom. The Bertz CT molecular complexity index is 1060. The molecule has 0 saturated carbocycles.